The molecule has 0 radical (unpaired) electrons. The van der Waals surface area contributed by atoms with Gasteiger partial charge in [0.2, 0.25) is 0 Å². The predicted octanol–water partition coefficient (Wildman–Crippen LogP) is 11.5. The van der Waals surface area contributed by atoms with E-state index in [1.807, 2.05) is 0 Å². The average molecular weight is 610 g/mol. The summed E-state index contributed by atoms with van der Waals surface area (Å²) < 4.78 is 0. The van der Waals surface area contributed by atoms with Crippen molar-refractivity contribution in [2.24, 2.45) is 40.4 Å². The first kappa shape index (κ1) is 40.1. The van der Waals surface area contributed by atoms with E-state index in [0.717, 1.165) is 0 Å². The van der Waals surface area contributed by atoms with Crippen LogP contribution in [0.1, 0.15) is 87.6 Å². The summed E-state index contributed by atoms with van der Waals surface area (Å²) in [5.74, 6) is 2.93. The van der Waals surface area contributed by atoms with Gasteiger partial charge in [-0.2, -0.15) is 7.05 Å². The molecular formula is C38H60NPTi. The molecule has 1 fully saturated rings. The number of benzene rings is 1. The third-order valence-corrected chi connectivity index (χ3v) is 14.0. The predicted molar refractivity (Wildman–Crippen MR) is 185 cm³/mol. The maximum Gasteiger partial charge on any atom is 4.00 e. The van der Waals surface area contributed by atoms with Crippen LogP contribution in [0.25, 0.3) is 5.16 Å². The minimum absolute atomic E-state index is 0. The van der Waals surface area contributed by atoms with Gasteiger partial charge in [0.25, 0.3) is 0 Å². The van der Waals surface area contributed by atoms with E-state index in [2.05, 4.69) is 137 Å². The third-order valence-electron chi connectivity index (χ3n) is 9.66. The maximum atomic E-state index is 12.2. The normalized spacial score (nSPS) is 25.9. The van der Waals surface area contributed by atoms with Gasteiger partial charge in [0.15, 0.2) is 0 Å². The largest absolute Gasteiger partial charge is 4.00 e. The van der Waals surface area contributed by atoms with Crippen LogP contribution in [0.4, 0.5) is 0 Å². The van der Waals surface area contributed by atoms with Crippen LogP contribution < -0.4 is 5.30 Å². The van der Waals surface area contributed by atoms with Crippen LogP contribution in [0.15, 0.2) is 71.9 Å². The Morgan fingerprint density at radius 1 is 0.659 bits per heavy atom. The first-order chi connectivity index (χ1) is 17.1. The van der Waals surface area contributed by atoms with E-state index in [4.69, 9.17) is 0 Å². The van der Waals surface area contributed by atoms with Gasteiger partial charge < -0.3 is 27.4 Å². The molecule has 1 nitrogen and oxygen atoms in total. The molecule has 4 rings (SSSR count). The average Bonchev–Trinajstić information content (AvgIpc) is 3.14. The molecule has 226 valence electrons. The Morgan fingerprint density at radius 2 is 1.05 bits per heavy atom. The van der Waals surface area contributed by atoms with Crippen molar-refractivity contribution in [2.75, 3.05) is 0 Å². The van der Waals surface area contributed by atoms with Crippen LogP contribution in [-0.2, 0) is 21.7 Å². The van der Waals surface area contributed by atoms with Gasteiger partial charge in [-0.15, -0.1) is 0 Å². The molecule has 0 heterocycles. The third kappa shape index (κ3) is 7.27. The van der Waals surface area contributed by atoms with Crippen LogP contribution in [-0.4, -0.2) is 11.3 Å². The van der Waals surface area contributed by atoms with Crippen molar-refractivity contribution in [1.29, 1.82) is 0 Å². The molecule has 41 heavy (non-hydrogen) atoms. The smallest absolute Gasteiger partial charge is 0.804 e. The fraction of sp³-hybridized carbons (Fsp3) is 0.553. The second kappa shape index (κ2) is 14.3. The number of hydrogen-bond acceptors (Lipinski definition) is 0. The first-order valence-electron chi connectivity index (χ1n) is 14.6. The van der Waals surface area contributed by atoms with Crippen LogP contribution in [0.5, 0.6) is 0 Å². The molecular weight excluding hydrogens is 549 g/mol. The van der Waals surface area contributed by atoms with E-state index in [-0.39, 0.29) is 66.1 Å². The fourth-order valence-electron chi connectivity index (χ4n) is 7.42. The van der Waals surface area contributed by atoms with Gasteiger partial charge in [-0.1, -0.05) is 137 Å². The number of rotatable bonds is 5. The zero-order valence-electron chi connectivity index (χ0n) is 28.8. The summed E-state index contributed by atoms with van der Waals surface area (Å²) in [5, 5.41) is 13.5. The van der Waals surface area contributed by atoms with Crippen LogP contribution in [0.2, 0.25) is 0 Å². The minimum atomic E-state index is -2.31. The standard InChI is InChI=1S/C35H51NP.3CH3.Ti/c1-22(2)37(36,23(3)4)32-15-13-12-14-27(32)24(5)33-30-20-25(34(6,7)8)16-18-28(30)29-19-17-26(21-31(29)33)35(9,10)11;;;;/h12-24,28-31,33H,1-11H3;3*1H3;/q4*-1;+4. The van der Waals surface area contributed by atoms with E-state index in [1.54, 1.807) is 0 Å². The monoisotopic (exact) mass is 609 g/mol. The van der Waals surface area contributed by atoms with Crippen molar-refractivity contribution < 1.29 is 21.7 Å². The quantitative estimate of drug-likeness (QED) is 0.180. The summed E-state index contributed by atoms with van der Waals surface area (Å²) >= 11 is 0. The second-order valence-electron chi connectivity index (χ2n) is 14.6. The van der Waals surface area contributed by atoms with Crippen LogP contribution in [0.3, 0.4) is 0 Å². The molecule has 1 aromatic carbocycles. The Labute approximate surface area is 271 Å². The van der Waals surface area contributed by atoms with Gasteiger partial charge >= 0.3 is 21.7 Å². The summed E-state index contributed by atoms with van der Waals surface area (Å²) in [6, 6.07) is 8.91. The van der Waals surface area contributed by atoms with Gasteiger partial charge in [0.1, 0.15) is 0 Å². The van der Waals surface area contributed by atoms with Crippen LogP contribution in [0, 0.1) is 62.7 Å². The van der Waals surface area contributed by atoms with Gasteiger partial charge in [-0.3, -0.25) is 0 Å². The molecule has 5 atom stereocenters. The Kier molecular flexibility index (Phi) is 14.0. The van der Waals surface area contributed by atoms with E-state index in [1.165, 1.54) is 22.0 Å². The van der Waals surface area contributed by atoms with Crippen LogP contribution >= 0.6 is 7.05 Å². The number of hydrogen-bond donors (Lipinski definition) is 0. The van der Waals surface area contributed by atoms with E-state index >= 15 is 0 Å². The van der Waals surface area contributed by atoms with Gasteiger partial charge in [0.05, 0.1) is 0 Å². The molecule has 0 amide bonds. The zero-order chi connectivity index (χ0) is 27.5. The number of fused-ring (bicyclic) bond motifs is 3. The molecule has 0 saturated heterocycles. The Morgan fingerprint density at radius 3 is 1.41 bits per heavy atom. The van der Waals surface area contributed by atoms with E-state index < -0.39 is 7.05 Å². The van der Waals surface area contributed by atoms with Crippen molar-refractivity contribution in [3.05, 3.63) is 105 Å². The SMILES string of the molecule is CC(c1ccccc1P(=[N-])(C(C)C)C(C)C)C1C2C=C(C(C)(C)C)C=CC2C2C=CC(C(C)(C)C)=CC21.[CH3-].[CH3-].[CH3-].[Ti+4]. The molecule has 3 aliphatic carbocycles. The molecule has 1 saturated carbocycles. The molecule has 0 bridgehead atoms. The molecule has 0 aliphatic heterocycles. The van der Waals surface area contributed by atoms with Crippen molar-refractivity contribution in [2.45, 2.75) is 93.4 Å². The molecule has 3 aliphatic rings. The minimum Gasteiger partial charge on any atom is -0.804 e. The van der Waals surface area contributed by atoms with Gasteiger partial charge in [-0.05, 0) is 79.7 Å². The summed E-state index contributed by atoms with van der Waals surface area (Å²) in [6.45, 7) is 25.4. The molecule has 5 unspecified atom stereocenters. The van der Waals surface area contributed by atoms with Crippen molar-refractivity contribution in [1.82, 2.24) is 0 Å². The second-order valence-corrected chi connectivity index (χ2v) is 18.6. The van der Waals surface area contributed by atoms with Crippen molar-refractivity contribution >= 4 is 12.4 Å². The van der Waals surface area contributed by atoms with Crippen molar-refractivity contribution in [3.8, 4) is 0 Å². The zero-order valence-corrected chi connectivity index (χ0v) is 31.2. The van der Waals surface area contributed by atoms with E-state index in [0.29, 0.717) is 35.5 Å². The summed E-state index contributed by atoms with van der Waals surface area (Å²) in [4.78, 5) is 0. The molecule has 0 spiro atoms. The molecule has 1 aromatic rings. The summed E-state index contributed by atoms with van der Waals surface area (Å²) in [7, 11) is -2.31. The number of allylic oxidation sites excluding steroid dienone is 8. The molecule has 0 N–H and O–H groups in total. The van der Waals surface area contributed by atoms with Gasteiger partial charge in [0, 0.05) is 0 Å². The first-order valence-corrected chi connectivity index (χ1v) is 16.5. The summed E-state index contributed by atoms with van der Waals surface area (Å²) in [6.07, 6.45) is 15.2. The topological polar surface area (TPSA) is 22.3 Å². The Balaban J connectivity index is 0.00000400. The molecule has 3 heteroatoms. The van der Waals surface area contributed by atoms with Gasteiger partial charge in [-0.25, -0.2) is 0 Å². The molecule has 0 aromatic heterocycles. The maximum absolute atomic E-state index is 12.2. The summed E-state index contributed by atoms with van der Waals surface area (Å²) in [5.41, 5.74) is 5.10. The Bertz CT molecular complexity index is 1120. The van der Waals surface area contributed by atoms with E-state index in [9.17, 15) is 5.16 Å². The number of nitrogens with zero attached hydrogens (tertiary/aromatic N) is 1. The fourth-order valence-corrected chi connectivity index (χ4v) is 10.7. The van der Waals surface area contributed by atoms with Crippen molar-refractivity contribution in [3.63, 3.8) is 0 Å². The Hall–Kier alpha value is -0.876.